The van der Waals surface area contributed by atoms with Gasteiger partial charge in [0.15, 0.2) is 11.5 Å². The number of amides is 1. The van der Waals surface area contributed by atoms with Gasteiger partial charge in [0.05, 0.1) is 12.2 Å². The molecule has 6 nitrogen and oxygen atoms in total. The Bertz CT molecular complexity index is 503. The van der Waals surface area contributed by atoms with E-state index in [1.54, 1.807) is 6.07 Å². The number of aromatic nitrogens is 2. The number of piperidine rings is 1. The Morgan fingerprint density at radius 2 is 1.77 bits per heavy atom. The average Bonchev–Trinajstić information content (AvgIpc) is 2.54. The molecule has 0 aliphatic carbocycles. The molecular formula is C16H24N4O2. The topological polar surface area (TPSA) is 58.6 Å². The average molecular weight is 304 g/mol. The summed E-state index contributed by atoms with van der Waals surface area (Å²) >= 11 is 0. The largest absolute Gasteiger partial charge is 0.372 e. The van der Waals surface area contributed by atoms with E-state index >= 15 is 0 Å². The van der Waals surface area contributed by atoms with Crippen LogP contribution in [0, 0.1) is 0 Å². The first-order valence-electron chi connectivity index (χ1n) is 8.17. The fraction of sp³-hybridized carbons (Fsp3) is 0.688. The van der Waals surface area contributed by atoms with Gasteiger partial charge in [-0.3, -0.25) is 4.79 Å². The highest BCUT2D eigenvalue weighted by molar-refractivity contribution is 5.92. The molecule has 2 aliphatic heterocycles. The van der Waals surface area contributed by atoms with E-state index in [4.69, 9.17) is 4.74 Å². The molecule has 0 N–H and O–H groups in total. The molecule has 2 fully saturated rings. The monoisotopic (exact) mass is 304 g/mol. The lowest BCUT2D eigenvalue weighted by Crippen LogP contribution is -2.48. The summed E-state index contributed by atoms with van der Waals surface area (Å²) in [5.41, 5.74) is 0.419. The number of rotatable bonds is 2. The quantitative estimate of drug-likeness (QED) is 0.832. The molecule has 3 rings (SSSR count). The van der Waals surface area contributed by atoms with Gasteiger partial charge in [-0.2, -0.15) is 0 Å². The summed E-state index contributed by atoms with van der Waals surface area (Å²) in [6.07, 6.45) is 3.81. The van der Waals surface area contributed by atoms with Crippen molar-refractivity contribution >= 4 is 11.7 Å². The number of hydrogen-bond donors (Lipinski definition) is 0. The molecule has 6 heteroatoms. The predicted molar refractivity (Wildman–Crippen MR) is 84.0 cm³/mol. The van der Waals surface area contributed by atoms with Gasteiger partial charge >= 0.3 is 0 Å². The van der Waals surface area contributed by atoms with Crippen LogP contribution in [0.25, 0.3) is 0 Å². The van der Waals surface area contributed by atoms with Crippen LogP contribution in [0.15, 0.2) is 12.1 Å². The van der Waals surface area contributed by atoms with E-state index in [1.165, 1.54) is 19.3 Å². The summed E-state index contributed by atoms with van der Waals surface area (Å²) in [5.74, 6) is 0.819. The van der Waals surface area contributed by atoms with Gasteiger partial charge in [-0.25, -0.2) is 0 Å². The van der Waals surface area contributed by atoms with Gasteiger partial charge in [-0.1, -0.05) is 0 Å². The van der Waals surface area contributed by atoms with Crippen molar-refractivity contribution in [1.82, 2.24) is 15.1 Å². The Morgan fingerprint density at radius 1 is 1.09 bits per heavy atom. The third-order valence-electron chi connectivity index (χ3n) is 4.26. The number of nitrogens with zero attached hydrogens (tertiary/aromatic N) is 4. The Balaban J connectivity index is 1.68. The minimum atomic E-state index is -0.0558. The maximum Gasteiger partial charge on any atom is 0.274 e. The van der Waals surface area contributed by atoms with Crippen molar-refractivity contribution in [2.45, 2.75) is 45.3 Å². The van der Waals surface area contributed by atoms with E-state index < -0.39 is 0 Å². The second-order valence-electron chi connectivity index (χ2n) is 6.29. The Hall–Kier alpha value is -1.69. The molecule has 2 saturated heterocycles. The first-order valence-corrected chi connectivity index (χ1v) is 8.17. The van der Waals surface area contributed by atoms with Crippen molar-refractivity contribution in [3.8, 4) is 0 Å². The zero-order valence-electron chi connectivity index (χ0n) is 13.4. The molecule has 3 heterocycles. The van der Waals surface area contributed by atoms with E-state index in [2.05, 4.69) is 15.1 Å². The molecule has 0 radical (unpaired) electrons. The van der Waals surface area contributed by atoms with Gasteiger partial charge in [0.1, 0.15) is 0 Å². The van der Waals surface area contributed by atoms with Gasteiger partial charge < -0.3 is 14.5 Å². The minimum Gasteiger partial charge on any atom is -0.372 e. The van der Waals surface area contributed by atoms with Crippen LogP contribution in [0.4, 0.5) is 5.82 Å². The van der Waals surface area contributed by atoms with E-state index in [1.807, 2.05) is 24.8 Å². The number of hydrogen-bond acceptors (Lipinski definition) is 5. The molecule has 1 aromatic heterocycles. The molecular weight excluding hydrogens is 280 g/mol. The summed E-state index contributed by atoms with van der Waals surface area (Å²) in [6.45, 7) is 7.25. The molecule has 0 spiro atoms. The molecule has 0 aromatic carbocycles. The van der Waals surface area contributed by atoms with Crippen molar-refractivity contribution in [2.75, 3.05) is 31.1 Å². The summed E-state index contributed by atoms with van der Waals surface area (Å²) < 4.78 is 5.66. The van der Waals surface area contributed by atoms with Crippen molar-refractivity contribution in [3.05, 3.63) is 17.8 Å². The summed E-state index contributed by atoms with van der Waals surface area (Å²) in [5, 5.41) is 8.41. The number of anilines is 1. The van der Waals surface area contributed by atoms with E-state index in [-0.39, 0.29) is 18.1 Å². The highest BCUT2D eigenvalue weighted by atomic mass is 16.5. The number of carbonyl (C=O) groups excluding carboxylic acids is 1. The lowest BCUT2D eigenvalue weighted by atomic mass is 10.1. The van der Waals surface area contributed by atoms with Crippen LogP contribution in [0.5, 0.6) is 0 Å². The lowest BCUT2D eigenvalue weighted by molar-refractivity contribution is -0.0587. The van der Waals surface area contributed by atoms with Gasteiger partial charge in [-0.15, -0.1) is 10.2 Å². The maximum absolute atomic E-state index is 12.5. The third-order valence-corrected chi connectivity index (χ3v) is 4.26. The minimum absolute atomic E-state index is 0.0558. The summed E-state index contributed by atoms with van der Waals surface area (Å²) in [6, 6.07) is 3.71. The van der Waals surface area contributed by atoms with Crippen LogP contribution in [0.2, 0.25) is 0 Å². The summed E-state index contributed by atoms with van der Waals surface area (Å²) in [7, 11) is 0. The SMILES string of the molecule is CC1CN(C(=O)c2ccc(N3CCCCC3)nn2)CC(C)O1. The lowest BCUT2D eigenvalue weighted by Gasteiger charge is -2.35. The van der Waals surface area contributed by atoms with E-state index in [0.29, 0.717) is 18.8 Å². The van der Waals surface area contributed by atoms with Crippen LogP contribution < -0.4 is 4.90 Å². The van der Waals surface area contributed by atoms with Crippen LogP contribution in [0.1, 0.15) is 43.6 Å². The zero-order valence-corrected chi connectivity index (χ0v) is 13.4. The molecule has 120 valence electrons. The van der Waals surface area contributed by atoms with Crippen molar-refractivity contribution < 1.29 is 9.53 Å². The third kappa shape index (κ3) is 3.38. The smallest absolute Gasteiger partial charge is 0.274 e. The first kappa shape index (κ1) is 15.2. The van der Waals surface area contributed by atoms with Crippen LogP contribution >= 0.6 is 0 Å². The fourth-order valence-corrected chi connectivity index (χ4v) is 3.24. The van der Waals surface area contributed by atoms with Gasteiger partial charge in [0, 0.05) is 26.2 Å². The second-order valence-corrected chi connectivity index (χ2v) is 6.29. The van der Waals surface area contributed by atoms with Crippen LogP contribution in [-0.4, -0.2) is 59.4 Å². The number of ether oxygens (including phenoxy) is 1. The van der Waals surface area contributed by atoms with E-state index in [9.17, 15) is 4.79 Å². The van der Waals surface area contributed by atoms with Crippen molar-refractivity contribution in [2.24, 2.45) is 0 Å². The molecule has 0 bridgehead atoms. The normalized spacial score (nSPS) is 26.1. The Kier molecular flexibility index (Phi) is 4.57. The second kappa shape index (κ2) is 6.60. The summed E-state index contributed by atoms with van der Waals surface area (Å²) in [4.78, 5) is 16.6. The molecule has 0 saturated carbocycles. The maximum atomic E-state index is 12.5. The standard InChI is InChI=1S/C16H24N4O2/c1-12-10-20(11-13(2)22-12)16(21)14-6-7-15(18-17-14)19-8-4-3-5-9-19/h6-7,12-13H,3-5,8-11H2,1-2H3. The molecule has 2 unspecified atom stereocenters. The van der Waals surface area contributed by atoms with Crippen LogP contribution in [0.3, 0.4) is 0 Å². The highest BCUT2D eigenvalue weighted by Crippen LogP contribution is 2.18. The molecule has 22 heavy (non-hydrogen) atoms. The molecule has 2 aliphatic rings. The van der Waals surface area contributed by atoms with Crippen molar-refractivity contribution in [1.29, 1.82) is 0 Å². The Labute approximate surface area is 131 Å². The first-order chi connectivity index (χ1) is 10.6. The molecule has 2 atom stereocenters. The zero-order chi connectivity index (χ0) is 15.5. The molecule has 1 amide bonds. The van der Waals surface area contributed by atoms with Gasteiger partial charge in [-0.05, 0) is 45.2 Å². The van der Waals surface area contributed by atoms with Gasteiger partial charge in [0.25, 0.3) is 5.91 Å². The van der Waals surface area contributed by atoms with Gasteiger partial charge in [0.2, 0.25) is 0 Å². The Morgan fingerprint density at radius 3 is 2.36 bits per heavy atom. The number of morpholine rings is 1. The highest BCUT2D eigenvalue weighted by Gasteiger charge is 2.27. The van der Waals surface area contributed by atoms with E-state index in [0.717, 1.165) is 18.9 Å². The number of carbonyl (C=O) groups is 1. The molecule has 1 aromatic rings. The fourth-order valence-electron chi connectivity index (χ4n) is 3.24. The van der Waals surface area contributed by atoms with Crippen LogP contribution in [-0.2, 0) is 4.74 Å². The predicted octanol–water partition coefficient (Wildman–Crippen LogP) is 1.72. The van der Waals surface area contributed by atoms with Crippen molar-refractivity contribution in [3.63, 3.8) is 0 Å².